The van der Waals surface area contributed by atoms with Crippen molar-refractivity contribution in [3.63, 3.8) is 0 Å². The molecule has 2 aromatic rings. The smallest absolute Gasteiger partial charge is 0.113 e. The SMILES string of the molecule is C#Cc1c(C2OC2(C)C)ccc2ccccc12. The number of benzene rings is 2. The van der Waals surface area contributed by atoms with E-state index < -0.39 is 0 Å². The van der Waals surface area contributed by atoms with E-state index in [0.29, 0.717) is 0 Å². The van der Waals surface area contributed by atoms with Gasteiger partial charge in [0.25, 0.3) is 0 Å². The van der Waals surface area contributed by atoms with E-state index in [0.717, 1.165) is 16.5 Å². The molecule has 1 aliphatic heterocycles. The van der Waals surface area contributed by atoms with Gasteiger partial charge in [0, 0.05) is 5.56 Å². The van der Waals surface area contributed by atoms with Crippen LogP contribution in [0.25, 0.3) is 10.8 Å². The third-order valence-corrected chi connectivity index (χ3v) is 3.38. The van der Waals surface area contributed by atoms with Crippen LogP contribution in [0.1, 0.15) is 31.1 Å². The van der Waals surface area contributed by atoms with Crippen LogP contribution in [0.4, 0.5) is 0 Å². The molecule has 0 aromatic heterocycles. The molecule has 0 aliphatic carbocycles. The molecule has 1 unspecified atom stereocenters. The summed E-state index contributed by atoms with van der Waals surface area (Å²) in [7, 11) is 0. The van der Waals surface area contributed by atoms with Crippen molar-refractivity contribution < 1.29 is 4.74 Å². The molecule has 1 nitrogen and oxygen atoms in total. The summed E-state index contributed by atoms with van der Waals surface area (Å²) in [6, 6.07) is 12.4. The standard InChI is InChI=1S/C16H14O/c1-4-12-13-8-6-5-7-11(13)9-10-14(12)15-16(2,3)17-15/h1,5-10,15H,2-3H3. The highest BCUT2D eigenvalue weighted by Crippen LogP contribution is 2.50. The maximum atomic E-state index is 5.69. The number of hydrogen-bond donors (Lipinski definition) is 0. The van der Waals surface area contributed by atoms with Gasteiger partial charge in [0.05, 0.1) is 5.60 Å². The monoisotopic (exact) mass is 222 g/mol. The zero-order valence-corrected chi connectivity index (χ0v) is 10.0. The van der Waals surface area contributed by atoms with E-state index in [2.05, 4.69) is 44.0 Å². The van der Waals surface area contributed by atoms with Crippen molar-refractivity contribution >= 4 is 10.8 Å². The van der Waals surface area contributed by atoms with Crippen LogP contribution in [0.3, 0.4) is 0 Å². The van der Waals surface area contributed by atoms with Gasteiger partial charge in [-0.3, -0.25) is 0 Å². The largest absolute Gasteiger partial charge is 0.362 e. The van der Waals surface area contributed by atoms with Gasteiger partial charge in [-0.1, -0.05) is 42.3 Å². The van der Waals surface area contributed by atoms with Gasteiger partial charge >= 0.3 is 0 Å². The van der Waals surface area contributed by atoms with Gasteiger partial charge in [-0.05, 0) is 30.2 Å². The maximum absolute atomic E-state index is 5.69. The van der Waals surface area contributed by atoms with Crippen molar-refractivity contribution in [3.05, 3.63) is 47.5 Å². The van der Waals surface area contributed by atoms with Crippen molar-refractivity contribution in [1.29, 1.82) is 0 Å². The van der Waals surface area contributed by atoms with E-state index in [1.807, 2.05) is 12.1 Å². The Morgan fingerprint density at radius 1 is 1.18 bits per heavy atom. The Morgan fingerprint density at radius 3 is 2.53 bits per heavy atom. The number of fused-ring (bicyclic) bond motifs is 1. The number of terminal acetylenes is 1. The van der Waals surface area contributed by atoms with Crippen LogP contribution in [-0.4, -0.2) is 5.60 Å². The topological polar surface area (TPSA) is 12.5 Å². The van der Waals surface area contributed by atoms with Crippen molar-refractivity contribution in [2.24, 2.45) is 0 Å². The molecule has 0 bridgehead atoms. The van der Waals surface area contributed by atoms with E-state index in [9.17, 15) is 0 Å². The molecule has 84 valence electrons. The van der Waals surface area contributed by atoms with E-state index in [-0.39, 0.29) is 11.7 Å². The fourth-order valence-corrected chi connectivity index (χ4v) is 2.38. The first-order valence-electron chi connectivity index (χ1n) is 5.79. The highest BCUT2D eigenvalue weighted by Gasteiger charge is 2.49. The summed E-state index contributed by atoms with van der Waals surface area (Å²) in [5, 5.41) is 2.32. The summed E-state index contributed by atoms with van der Waals surface area (Å²) < 4.78 is 5.69. The first-order chi connectivity index (χ1) is 8.13. The average molecular weight is 222 g/mol. The number of epoxide rings is 1. The van der Waals surface area contributed by atoms with Crippen LogP contribution in [0.2, 0.25) is 0 Å². The Kier molecular flexibility index (Phi) is 2.05. The fraction of sp³-hybridized carbons (Fsp3) is 0.250. The molecule has 1 saturated heterocycles. The third kappa shape index (κ3) is 1.53. The van der Waals surface area contributed by atoms with Crippen molar-refractivity contribution in [1.82, 2.24) is 0 Å². The molecular weight excluding hydrogens is 208 g/mol. The molecule has 1 heteroatoms. The minimum Gasteiger partial charge on any atom is -0.362 e. The Morgan fingerprint density at radius 2 is 1.88 bits per heavy atom. The highest BCUT2D eigenvalue weighted by molar-refractivity contribution is 5.89. The second-order valence-electron chi connectivity index (χ2n) is 5.00. The molecular formula is C16H14O. The summed E-state index contributed by atoms with van der Waals surface area (Å²) in [4.78, 5) is 0. The van der Waals surface area contributed by atoms with E-state index in [1.165, 1.54) is 5.39 Å². The molecule has 0 amide bonds. The van der Waals surface area contributed by atoms with Crippen molar-refractivity contribution in [3.8, 4) is 12.3 Å². The molecule has 17 heavy (non-hydrogen) atoms. The van der Waals surface area contributed by atoms with Crippen molar-refractivity contribution in [2.75, 3.05) is 0 Å². The predicted molar refractivity (Wildman–Crippen MR) is 69.8 cm³/mol. The summed E-state index contributed by atoms with van der Waals surface area (Å²) in [6.45, 7) is 4.18. The highest BCUT2D eigenvalue weighted by atomic mass is 16.6. The van der Waals surface area contributed by atoms with Crippen LogP contribution in [0.5, 0.6) is 0 Å². The van der Waals surface area contributed by atoms with Crippen LogP contribution >= 0.6 is 0 Å². The van der Waals surface area contributed by atoms with Crippen LogP contribution in [0, 0.1) is 12.3 Å². The lowest BCUT2D eigenvalue weighted by atomic mass is 9.94. The average Bonchev–Trinajstić information content (AvgIpc) is 2.96. The molecule has 0 saturated carbocycles. The van der Waals surface area contributed by atoms with Gasteiger partial charge < -0.3 is 4.74 Å². The summed E-state index contributed by atoms with van der Waals surface area (Å²) in [5.41, 5.74) is 2.03. The quantitative estimate of drug-likeness (QED) is 0.529. The van der Waals surface area contributed by atoms with Crippen LogP contribution < -0.4 is 0 Å². The van der Waals surface area contributed by atoms with Gasteiger partial charge in [-0.15, -0.1) is 6.42 Å². The molecule has 0 spiro atoms. The molecule has 1 fully saturated rings. The van der Waals surface area contributed by atoms with Gasteiger partial charge in [0.1, 0.15) is 6.10 Å². The summed E-state index contributed by atoms with van der Waals surface area (Å²) in [6.07, 6.45) is 5.80. The van der Waals surface area contributed by atoms with Crippen LogP contribution in [0.15, 0.2) is 36.4 Å². The Bertz CT molecular complexity index is 632. The van der Waals surface area contributed by atoms with E-state index in [1.54, 1.807) is 0 Å². The first-order valence-corrected chi connectivity index (χ1v) is 5.79. The lowest BCUT2D eigenvalue weighted by molar-refractivity contribution is 0.325. The zero-order chi connectivity index (χ0) is 12.0. The molecule has 0 radical (unpaired) electrons. The first kappa shape index (κ1) is 10.4. The van der Waals surface area contributed by atoms with Gasteiger partial charge in [-0.25, -0.2) is 0 Å². The van der Waals surface area contributed by atoms with Gasteiger partial charge in [0.2, 0.25) is 0 Å². The second-order valence-corrected chi connectivity index (χ2v) is 5.00. The van der Waals surface area contributed by atoms with E-state index >= 15 is 0 Å². The summed E-state index contributed by atoms with van der Waals surface area (Å²) in [5.74, 6) is 2.82. The lowest BCUT2D eigenvalue weighted by Gasteiger charge is -2.07. The predicted octanol–water partition coefficient (Wildman–Crippen LogP) is 3.67. The zero-order valence-electron chi connectivity index (χ0n) is 10.0. The normalized spacial score (nSPS) is 21.1. The molecule has 1 heterocycles. The molecule has 0 N–H and O–H groups in total. The molecule has 1 aliphatic rings. The van der Waals surface area contributed by atoms with Crippen molar-refractivity contribution in [2.45, 2.75) is 25.6 Å². The fourth-order valence-electron chi connectivity index (χ4n) is 2.38. The Balaban J connectivity index is 2.24. The number of rotatable bonds is 1. The van der Waals surface area contributed by atoms with Gasteiger partial charge in [-0.2, -0.15) is 0 Å². The van der Waals surface area contributed by atoms with E-state index in [4.69, 9.17) is 11.2 Å². The molecule has 3 rings (SSSR count). The molecule has 1 atom stereocenters. The Hall–Kier alpha value is -1.78. The minimum atomic E-state index is -0.0753. The number of hydrogen-bond acceptors (Lipinski definition) is 1. The summed E-state index contributed by atoms with van der Waals surface area (Å²) >= 11 is 0. The maximum Gasteiger partial charge on any atom is 0.113 e. The second kappa shape index (κ2) is 3.35. The van der Waals surface area contributed by atoms with Crippen LogP contribution in [-0.2, 0) is 4.74 Å². The lowest BCUT2D eigenvalue weighted by Crippen LogP contribution is -1.99. The third-order valence-electron chi connectivity index (χ3n) is 3.38. The minimum absolute atomic E-state index is 0.0753. The van der Waals surface area contributed by atoms with Gasteiger partial charge in [0.15, 0.2) is 0 Å². The molecule has 2 aromatic carbocycles. The Labute approximate surface area is 101 Å². The number of ether oxygens (including phenoxy) is 1.